The van der Waals surface area contributed by atoms with E-state index in [0.717, 1.165) is 4.47 Å². The van der Waals surface area contributed by atoms with Gasteiger partial charge in [-0.25, -0.2) is 8.42 Å². The fourth-order valence-electron chi connectivity index (χ4n) is 2.73. The van der Waals surface area contributed by atoms with E-state index < -0.39 is 10.0 Å². The van der Waals surface area contributed by atoms with Gasteiger partial charge in [0.1, 0.15) is 11.5 Å². The predicted molar refractivity (Wildman–Crippen MR) is 123 cm³/mol. The molecular formula is C22H21BrN2O5S. The van der Waals surface area contributed by atoms with Crippen molar-refractivity contribution in [3.63, 3.8) is 0 Å². The Labute approximate surface area is 189 Å². The lowest BCUT2D eigenvalue weighted by Gasteiger charge is -2.13. The first-order valence-corrected chi connectivity index (χ1v) is 11.5. The van der Waals surface area contributed by atoms with Crippen molar-refractivity contribution >= 4 is 43.2 Å². The van der Waals surface area contributed by atoms with Crippen LogP contribution in [0.3, 0.4) is 0 Å². The maximum Gasteiger partial charge on any atom is 0.262 e. The molecular weight excluding hydrogens is 484 g/mol. The Bertz CT molecular complexity index is 1180. The zero-order chi connectivity index (χ0) is 22.4. The van der Waals surface area contributed by atoms with Crippen LogP contribution in [0.15, 0.2) is 76.1 Å². The molecule has 3 aromatic rings. The summed E-state index contributed by atoms with van der Waals surface area (Å²) in [6, 6.07) is 18.2. The van der Waals surface area contributed by atoms with Gasteiger partial charge in [0.15, 0.2) is 6.61 Å². The van der Waals surface area contributed by atoms with Gasteiger partial charge in [-0.3, -0.25) is 9.52 Å². The maximum atomic E-state index is 12.7. The molecule has 0 fully saturated rings. The van der Waals surface area contributed by atoms with Gasteiger partial charge in [-0.05, 0) is 73.2 Å². The van der Waals surface area contributed by atoms with Crippen LogP contribution < -0.4 is 19.5 Å². The third-order valence-electron chi connectivity index (χ3n) is 4.27. The van der Waals surface area contributed by atoms with E-state index in [-0.39, 0.29) is 17.4 Å². The highest BCUT2D eigenvalue weighted by atomic mass is 79.9. The number of aryl methyl sites for hydroxylation is 1. The number of rotatable bonds is 8. The molecule has 0 aliphatic heterocycles. The molecule has 0 heterocycles. The van der Waals surface area contributed by atoms with Crippen molar-refractivity contribution < 1.29 is 22.7 Å². The minimum atomic E-state index is -3.78. The van der Waals surface area contributed by atoms with Crippen LogP contribution >= 0.6 is 15.9 Å². The average Bonchev–Trinajstić information content (AvgIpc) is 2.73. The van der Waals surface area contributed by atoms with Crippen molar-refractivity contribution in [3.05, 3.63) is 76.8 Å². The number of carbonyl (C=O) groups excluding carboxylic acids is 1. The summed E-state index contributed by atoms with van der Waals surface area (Å²) in [6.45, 7) is 1.51. The SMILES string of the molecule is COc1ccc(NS(=O)(=O)c2ccc(OCC(=O)Nc3cccc(Br)c3)c(C)c2)cc1. The molecule has 0 radical (unpaired) electrons. The van der Waals surface area contributed by atoms with Gasteiger partial charge >= 0.3 is 0 Å². The third-order valence-corrected chi connectivity index (χ3v) is 6.14. The van der Waals surface area contributed by atoms with Crippen molar-refractivity contribution in [2.75, 3.05) is 23.8 Å². The molecule has 9 heteroatoms. The first-order valence-electron chi connectivity index (χ1n) is 9.22. The number of halogens is 1. The number of anilines is 2. The lowest BCUT2D eigenvalue weighted by Crippen LogP contribution is -2.20. The Hall–Kier alpha value is -3.04. The highest BCUT2D eigenvalue weighted by molar-refractivity contribution is 9.10. The largest absolute Gasteiger partial charge is 0.497 e. The number of ether oxygens (including phenoxy) is 2. The van der Waals surface area contributed by atoms with Crippen LogP contribution in [-0.4, -0.2) is 28.0 Å². The molecule has 0 aromatic heterocycles. The van der Waals surface area contributed by atoms with Crippen molar-refractivity contribution in [2.45, 2.75) is 11.8 Å². The molecule has 0 aliphatic rings. The summed E-state index contributed by atoms with van der Waals surface area (Å²) >= 11 is 3.34. The van der Waals surface area contributed by atoms with E-state index in [1.807, 2.05) is 12.1 Å². The summed E-state index contributed by atoms with van der Waals surface area (Å²) in [5.74, 6) is 0.729. The molecule has 0 saturated heterocycles. The van der Waals surface area contributed by atoms with E-state index in [9.17, 15) is 13.2 Å². The molecule has 0 unspecified atom stereocenters. The number of methoxy groups -OCH3 is 1. The van der Waals surface area contributed by atoms with E-state index in [1.54, 1.807) is 43.3 Å². The number of sulfonamides is 1. The number of hydrogen-bond acceptors (Lipinski definition) is 5. The molecule has 2 N–H and O–H groups in total. The summed E-state index contributed by atoms with van der Waals surface area (Å²) in [5.41, 5.74) is 1.65. The molecule has 162 valence electrons. The van der Waals surface area contributed by atoms with Crippen LogP contribution in [0.1, 0.15) is 5.56 Å². The van der Waals surface area contributed by atoms with Gasteiger partial charge in [-0.1, -0.05) is 22.0 Å². The molecule has 0 atom stereocenters. The number of amides is 1. The fourth-order valence-corrected chi connectivity index (χ4v) is 4.27. The Morgan fingerprint density at radius 3 is 2.39 bits per heavy atom. The molecule has 0 aliphatic carbocycles. The van der Waals surface area contributed by atoms with Crippen LogP contribution in [0, 0.1) is 6.92 Å². The summed E-state index contributed by atoms with van der Waals surface area (Å²) in [4.78, 5) is 12.2. The average molecular weight is 505 g/mol. The Balaban J connectivity index is 1.63. The molecule has 0 saturated carbocycles. The van der Waals surface area contributed by atoms with Crippen molar-refractivity contribution in [2.24, 2.45) is 0 Å². The lowest BCUT2D eigenvalue weighted by molar-refractivity contribution is -0.118. The molecule has 1 amide bonds. The Morgan fingerprint density at radius 2 is 1.74 bits per heavy atom. The van der Waals surface area contributed by atoms with E-state index in [0.29, 0.717) is 28.4 Å². The molecule has 0 bridgehead atoms. The van der Waals surface area contributed by atoms with Crippen molar-refractivity contribution in [1.82, 2.24) is 0 Å². The second-order valence-electron chi connectivity index (χ2n) is 6.61. The fraction of sp³-hybridized carbons (Fsp3) is 0.136. The number of benzene rings is 3. The zero-order valence-electron chi connectivity index (χ0n) is 16.9. The first kappa shape index (κ1) is 22.6. The van der Waals surface area contributed by atoms with Gasteiger partial charge < -0.3 is 14.8 Å². The van der Waals surface area contributed by atoms with E-state index in [1.165, 1.54) is 25.3 Å². The second-order valence-corrected chi connectivity index (χ2v) is 9.21. The monoisotopic (exact) mass is 504 g/mol. The summed E-state index contributed by atoms with van der Waals surface area (Å²) in [5, 5.41) is 2.73. The molecule has 3 aromatic carbocycles. The Kier molecular flexibility index (Phi) is 7.19. The summed E-state index contributed by atoms with van der Waals surface area (Å²) in [6.07, 6.45) is 0. The van der Waals surface area contributed by atoms with E-state index in [4.69, 9.17) is 9.47 Å². The quantitative estimate of drug-likeness (QED) is 0.468. The first-order chi connectivity index (χ1) is 14.8. The van der Waals surface area contributed by atoms with Gasteiger partial charge in [-0.15, -0.1) is 0 Å². The third kappa shape index (κ3) is 6.22. The van der Waals surface area contributed by atoms with Crippen LogP contribution in [0.2, 0.25) is 0 Å². The zero-order valence-corrected chi connectivity index (χ0v) is 19.3. The van der Waals surface area contributed by atoms with E-state index >= 15 is 0 Å². The van der Waals surface area contributed by atoms with Crippen molar-refractivity contribution in [3.8, 4) is 11.5 Å². The minimum absolute atomic E-state index is 0.0896. The van der Waals surface area contributed by atoms with Crippen molar-refractivity contribution in [1.29, 1.82) is 0 Å². The number of carbonyl (C=O) groups is 1. The molecule has 3 rings (SSSR count). The highest BCUT2D eigenvalue weighted by Gasteiger charge is 2.16. The normalized spacial score (nSPS) is 10.9. The van der Waals surface area contributed by atoms with Crippen LogP contribution in [0.25, 0.3) is 0 Å². The maximum absolute atomic E-state index is 12.7. The van der Waals surface area contributed by atoms with E-state index in [2.05, 4.69) is 26.0 Å². The minimum Gasteiger partial charge on any atom is -0.497 e. The van der Waals surface area contributed by atoms with Crippen LogP contribution in [0.5, 0.6) is 11.5 Å². The van der Waals surface area contributed by atoms with Gasteiger partial charge in [-0.2, -0.15) is 0 Å². The number of hydrogen-bond donors (Lipinski definition) is 2. The van der Waals surface area contributed by atoms with Gasteiger partial charge in [0, 0.05) is 15.8 Å². The standard InChI is InChI=1S/C22H21BrN2O5S/c1-15-12-20(31(27,28)25-17-6-8-19(29-2)9-7-17)10-11-21(15)30-14-22(26)24-18-5-3-4-16(23)13-18/h3-13,25H,14H2,1-2H3,(H,24,26). The smallest absolute Gasteiger partial charge is 0.262 e. The lowest BCUT2D eigenvalue weighted by atomic mass is 10.2. The molecule has 7 nitrogen and oxygen atoms in total. The van der Waals surface area contributed by atoms with Gasteiger partial charge in [0.2, 0.25) is 0 Å². The molecule has 31 heavy (non-hydrogen) atoms. The Morgan fingerprint density at radius 1 is 1.00 bits per heavy atom. The molecule has 0 spiro atoms. The summed E-state index contributed by atoms with van der Waals surface area (Å²) < 4.78 is 39.3. The predicted octanol–water partition coefficient (Wildman–Crippen LogP) is 4.58. The topological polar surface area (TPSA) is 93.7 Å². The van der Waals surface area contributed by atoms with Crippen LogP contribution in [0.4, 0.5) is 11.4 Å². The van der Waals surface area contributed by atoms with Crippen LogP contribution in [-0.2, 0) is 14.8 Å². The van der Waals surface area contributed by atoms with Gasteiger partial charge in [0.05, 0.1) is 12.0 Å². The summed E-state index contributed by atoms with van der Waals surface area (Å²) in [7, 11) is -2.24. The second kappa shape index (κ2) is 9.84. The van der Waals surface area contributed by atoms with Gasteiger partial charge in [0.25, 0.3) is 15.9 Å². The highest BCUT2D eigenvalue weighted by Crippen LogP contribution is 2.24. The number of nitrogens with one attached hydrogen (secondary N) is 2.